The number of carbonyl (C=O) groups excluding carboxylic acids is 2. The number of aromatic nitrogens is 2. The van der Waals surface area contributed by atoms with E-state index in [9.17, 15) is 9.59 Å². The number of nitrogens with zero attached hydrogens (tertiary/aromatic N) is 3. The first-order chi connectivity index (χ1) is 16.7. The highest BCUT2D eigenvalue weighted by Gasteiger charge is 2.55. The molecule has 186 valence electrons. The van der Waals surface area contributed by atoms with Crippen molar-refractivity contribution in [3.05, 3.63) is 53.8 Å². The van der Waals surface area contributed by atoms with Crippen LogP contribution in [0.2, 0.25) is 0 Å². The first kappa shape index (κ1) is 23.6. The lowest BCUT2D eigenvalue weighted by Crippen LogP contribution is -2.26. The molecule has 5 rings (SSSR count). The molecule has 8 nitrogen and oxygen atoms in total. The Balaban J connectivity index is 1.39. The third-order valence-electron chi connectivity index (χ3n) is 7.25. The Bertz CT molecular complexity index is 1200. The van der Waals surface area contributed by atoms with Crippen LogP contribution < -0.4 is 10.1 Å². The molecule has 2 amide bonds. The van der Waals surface area contributed by atoms with Crippen molar-refractivity contribution in [2.24, 2.45) is 0 Å². The molecule has 8 heteroatoms. The predicted octanol–water partition coefficient (Wildman–Crippen LogP) is 4.10. The van der Waals surface area contributed by atoms with Crippen LogP contribution in [0.1, 0.15) is 75.9 Å². The van der Waals surface area contributed by atoms with Crippen molar-refractivity contribution in [3.63, 3.8) is 0 Å². The molecule has 2 aliphatic carbocycles. The predicted molar refractivity (Wildman–Crippen MR) is 132 cm³/mol. The molecular weight excluding hydrogens is 444 g/mol. The number of hydrogen-bond acceptors (Lipinski definition) is 5. The Hall–Kier alpha value is -3.13. The molecule has 3 heterocycles. The summed E-state index contributed by atoms with van der Waals surface area (Å²) in [5, 5.41) is 2.93. The summed E-state index contributed by atoms with van der Waals surface area (Å²) in [6.07, 6.45) is 15.0. The summed E-state index contributed by atoms with van der Waals surface area (Å²) >= 11 is 0. The highest BCUT2D eigenvalue weighted by Crippen LogP contribution is 2.53. The van der Waals surface area contributed by atoms with Crippen molar-refractivity contribution in [2.45, 2.75) is 83.0 Å². The van der Waals surface area contributed by atoms with Gasteiger partial charge in [0.15, 0.2) is 0 Å². The lowest BCUT2D eigenvalue weighted by atomic mass is 9.84. The van der Waals surface area contributed by atoms with E-state index in [2.05, 4.69) is 12.2 Å². The summed E-state index contributed by atoms with van der Waals surface area (Å²) in [6, 6.07) is 2.15. The lowest BCUT2D eigenvalue weighted by Gasteiger charge is -2.24. The van der Waals surface area contributed by atoms with E-state index in [-0.39, 0.29) is 23.0 Å². The zero-order valence-corrected chi connectivity index (χ0v) is 20.9. The Morgan fingerprint density at radius 2 is 2.14 bits per heavy atom. The molecule has 0 radical (unpaired) electrons. The molecule has 0 aromatic carbocycles. The molecule has 35 heavy (non-hydrogen) atoms. The molecule has 2 unspecified atom stereocenters. The minimum absolute atomic E-state index is 0.0491. The van der Waals surface area contributed by atoms with Crippen LogP contribution in [0.5, 0.6) is 5.75 Å². The SMILES string of the molecule is C/C(=C\C=C/N(C=O)C1CC1)NC(=O)c1cn2cc(C34CCC(C)(C3)OC4)nc2cc1OC(C)C. The van der Waals surface area contributed by atoms with Crippen LogP contribution >= 0.6 is 0 Å². The van der Waals surface area contributed by atoms with Crippen LogP contribution in [0.4, 0.5) is 0 Å². The average molecular weight is 479 g/mol. The van der Waals surface area contributed by atoms with E-state index in [1.807, 2.05) is 37.4 Å². The molecule has 0 spiro atoms. The van der Waals surface area contributed by atoms with Crippen LogP contribution in [0.15, 0.2) is 42.5 Å². The first-order valence-electron chi connectivity index (χ1n) is 12.4. The number of carbonyl (C=O) groups is 2. The monoisotopic (exact) mass is 478 g/mol. The average Bonchev–Trinajstić information content (AvgIpc) is 3.33. The molecule has 1 aliphatic heterocycles. The van der Waals surface area contributed by atoms with Gasteiger partial charge in [0.25, 0.3) is 5.91 Å². The number of fused-ring (bicyclic) bond motifs is 3. The molecule has 2 aromatic rings. The second-order valence-electron chi connectivity index (χ2n) is 10.7. The van der Waals surface area contributed by atoms with Crippen LogP contribution in [-0.4, -0.2) is 51.0 Å². The van der Waals surface area contributed by atoms with Gasteiger partial charge in [-0.15, -0.1) is 0 Å². The van der Waals surface area contributed by atoms with Gasteiger partial charge in [0.1, 0.15) is 11.4 Å². The van der Waals surface area contributed by atoms with Crippen LogP contribution in [-0.2, 0) is 14.9 Å². The van der Waals surface area contributed by atoms with Gasteiger partial charge in [0.05, 0.1) is 29.6 Å². The molecule has 2 atom stereocenters. The number of imidazole rings is 1. The molecule has 2 bridgehead atoms. The third kappa shape index (κ3) is 4.72. The smallest absolute Gasteiger partial charge is 0.260 e. The van der Waals surface area contributed by atoms with Gasteiger partial charge in [-0.05, 0) is 72.0 Å². The number of allylic oxidation sites excluding steroid dienone is 3. The fourth-order valence-corrected chi connectivity index (χ4v) is 5.23. The molecule has 1 saturated heterocycles. The largest absolute Gasteiger partial charge is 0.490 e. The van der Waals surface area contributed by atoms with Crippen molar-refractivity contribution in [1.29, 1.82) is 0 Å². The van der Waals surface area contributed by atoms with Crippen LogP contribution in [0.3, 0.4) is 0 Å². The minimum atomic E-state index is -0.259. The number of amides is 2. The molecular formula is C27H34N4O4. The Morgan fingerprint density at radius 3 is 2.74 bits per heavy atom. The van der Waals surface area contributed by atoms with E-state index in [1.165, 1.54) is 0 Å². The van der Waals surface area contributed by atoms with E-state index < -0.39 is 0 Å². The van der Waals surface area contributed by atoms with E-state index in [1.54, 1.807) is 29.4 Å². The van der Waals surface area contributed by atoms with Gasteiger partial charge >= 0.3 is 0 Å². The second kappa shape index (κ2) is 8.82. The highest BCUT2D eigenvalue weighted by atomic mass is 16.5. The molecule has 2 saturated carbocycles. The highest BCUT2D eigenvalue weighted by molar-refractivity contribution is 5.98. The number of rotatable bonds is 9. The van der Waals surface area contributed by atoms with Crippen molar-refractivity contribution in [1.82, 2.24) is 19.6 Å². The fraction of sp³-hybridized carbons (Fsp3) is 0.519. The van der Waals surface area contributed by atoms with Crippen molar-refractivity contribution >= 4 is 18.0 Å². The Labute approximate surface area is 206 Å². The first-order valence-corrected chi connectivity index (χ1v) is 12.4. The van der Waals surface area contributed by atoms with Crippen LogP contribution in [0.25, 0.3) is 5.65 Å². The maximum atomic E-state index is 13.2. The lowest BCUT2D eigenvalue weighted by molar-refractivity contribution is -0.116. The van der Waals surface area contributed by atoms with Crippen molar-refractivity contribution in [2.75, 3.05) is 6.61 Å². The quantitative estimate of drug-likeness (QED) is 0.433. The number of hydrogen-bond donors (Lipinski definition) is 1. The Kier molecular flexibility index (Phi) is 5.95. The van der Waals surface area contributed by atoms with Gasteiger partial charge in [0, 0.05) is 41.8 Å². The zero-order chi connectivity index (χ0) is 24.8. The summed E-state index contributed by atoms with van der Waals surface area (Å²) in [5.74, 6) is 0.243. The van der Waals surface area contributed by atoms with Crippen molar-refractivity contribution < 1.29 is 19.1 Å². The van der Waals surface area contributed by atoms with Gasteiger partial charge < -0.3 is 24.1 Å². The van der Waals surface area contributed by atoms with Crippen LogP contribution in [0, 0.1) is 0 Å². The number of pyridine rings is 1. The number of nitrogens with one attached hydrogen (secondary N) is 1. The topological polar surface area (TPSA) is 85.2 Å². The summed E-state index contributed by atoms with van der Waals surface area (Å²) < 4.78 is 14.0. The third-order valence-corrected chi connectivity index (χ3v) is 7.25. The molecule has 3 fully saturated rings. The maximum absolute atomic E-state index is 13.2. The molecule has 1 N–H and O–H groups in total. The van der Waals surface area contributed by atoms with Gasteiger partial charge in [-0.3, -0.25) is 9.59 Å². The minimum Gasteiger partial charge on any atom is -0.490 e. The van der Waals surface area contributed by atoms with E-state index >= 15 is 0 Å². The van der Waals surface area contributed by atoms with Crippen molar-refractivity contribution in [3.8, 4) is 5.75 Å². The van der Waals surface area contributed by atoms with Gasteiger partial charge in [0.2, 0.25) is 6.41 Å². The summed E-state index contributed by atoms with van der Waals surface area (Å²) in [7, 11) is 0. The van der Waals surface area contributed by atoms with E-state index in [0.29, 0.717) is 29.7 Å². The van der Waals surface area contributed by atoms with Gasteiger partial charge in [-0.2, -0.15) is 0 Å². The van der Waals surface area contributed by atoms with Gasteiger partial charge in [-0.25, -0.2) is 4.98 Å². The number of ether oxygens (including phenoxy) is 2. The normalized spacial score (nSPS) is 26.1. The second-order valence-corrected chi connectivity index (χ2v) is 10.7. The summed E-state index contributed by atoms with van der Waals surface area (Å²) in [6.45, 7) is 8.56. The summed E-state index contributed by atoms with van der Waals surface area (Å²) in [5.41, 5.74) is 2.78. The zero-order valence-electron chi connectivity index (χ0n) is 20.9. The standard InChI is InChI=1S/C27H34N4O4/c1-18(2)35-22-12-24-29-23(27-10-9-26(4,15-27)34-16-27)14-31(24)13-21(22)25(33)28-19(3)6-5-11-30(17-32)20-7-8-20/h5-6,11-14,17-18,20H,7-10,15-16H2,1-4H3,(H,28,33)/b11-5-,19-6+. The van der Waals surface area contributed by atoms with E-state index in [4.69, 9.17) is 14.5 Å². The van der Waals surface area contributed by atoms with E-state index in [0.717, 1.165) is 49.9 Å². The van der Waals surface area contributed by atoms with Gasteiger partial charge in [-0.1, -0.05) is 0 Å². The fourth-order valence-electron chi connectivity index (χ4n) is 5.23. The molecule has 2 aromatic heterocycles. The molecule has 3 aliphatic rings. The summed E-state index contributed by atoms with van der Waals surface area (Å²) in [4.78, 5) is 31.0. The Morgan fingerprint density at radius 1 is 1.34 bits per heavy atom. The maximum Gasteiger partial charge on any atom is 0.260 e.